The van der Waals surface area contributed by atoms with Crippen LogP contribution in [0.4, 0.5) is 0 Å². The Morgan fingerprint density at radius 1 is 0.571 bits per heavy atom. The van der Waals surface area contributed by atoms with E-state index < -0.39 is 7.12 Å². The fourth-order valence-electron chi connectivity index (χ4n) is 5.27. The lowest BCUT2D eigenvalue weighted by Gasteiger charge is -2.08. The Hall–Kier alpha value is -3.90. The lowest BCUT2D eigenvalue weighted by molar-refractivity contribution is 0.426. The molecule has 2 aromatic heterocycles. The molecule has 0 atom stereocenters. The van der Waals surface area contributed by atoms with E-state index in [1.54, 1.807) is 17.4 Å². The van der Waals surface area contributed by atoms with Gasteiger partial charge in [-0.3, -0.25) is 0 Å². The molecule has 0 saturated carbocycles. The van der Waals surface area contributed by atoms with Crippen molar-refractivity contribution < 1.29 is 10.0 Å². The van der Waals surface area contributed by atoms with Crippen molar-refractivity contribution in [3.63, 3.8) is 0 Å². The molecule has 5 heteroatoms. The minimum atomic E-state index is -1.49. The lowest BCUT2D eigenvalue weighted by atomic mass is 9.80. The van der Waals surface area contributed by atoms with E-state index in [9.17, 15) is 10.0 Å². The zero-order valence-electron chi connectivity index (χ0n) is 18.7. The Balaban J connectivity index is 1.51. The van der Waals surface area contributed by atoms with Crippen LogP contribution in [-0.4, -0.2) is 21.7 Å². The Labute approximate surface area is 206 Å². The number of hydrogen-bond donors (Lipinski definition) is 2. The second-order valence-corrected chi connectivity index (χ2v) is 9.82. The molecule has 0 spiro atoms. The third kappa shape index (κ3) is 3.06. The topological polar surface area (TPSA) is 45.4 Å². The zero-order chi connectivity index (χ0) is 23.5. The third-order valence-corrected chi connectivity index (χ3v) is 8.13. The second kappa shape index (κ2) is 7.82. The first kappa shape index (κ1) is 20.5. The normalized spacial score (nSPS) is 11.7. The number of fused-ring (bicyclic) bond motifs is 6. The molecule has 7 aromatic rings. The van der Waals surface area contributed by atoms with Crippen molar-refractivity contribution in [2.45, 2.75) is 0 Å². The minimum Gasteiger partial charge on any atom is -0.423 e. The molecule has 5 aromatic carbocycles. The Kier molecular flexibility index (Phi) is 4.58. The summed E-state index contributed by atoms with van der Waals surface area (Å²) in [6.07, 6.45) is 0. The summed E-state index contributed by atoms with van der Waals surface area (Å²) in [6, 6.07) is 37.8. The predicted molar refractivity (Wildman–Crippen MR) is 149 cm³/mol. The van der Waals surface area contributed by atoms with Crippen molar-refractivity contribution in [1.29, 1.82) is 0 Å². The summed E-state index contributed by atoms with van der Waals surface area (Å²) in [4.78, 5) is 0. The van der Waals surface area contributed by atoms with Crippen LogP contribution in [0.3, 0.4) is 0 Å². The molecule has 0 aliphatic rings. The van der Waals surface area contributed by atoms with Crippen LogP contribution in [0.2, 0.25) is 0 Å². The molecular weight excluding hydrogens is 449 g/mol. The van der Waals surface area contributed by atoms with Crippen LogP contribution in [0.15, 0.2) is 109 Å². The molecular formula is C30H20BNO2S. The van der Waals surface area contributed by atoms with Crippen molar-refractivity contribution in [1.82, 2.24) is 4.57 Å². The highest BCUT2D eigenvalue weighted by atomic mass is 32.1. The van der Waals surface area contributed by atoms with Gasteiger partial charge in [0.1, 0.15) is 0 Å². The van der Waals surface area contributed by atoms with Gasteiger partial charge in [0.05, 0.1) is 11.0 Å². The fourth-order valence-corrected chi connectivity index (χ4v) is 6.64. The van der Waals surface area contributed by atoms with Gasteiger partial charge < -0.3 is 14.6 Å². The highest BCUT2D eigenvalue weighted by Gasteiger charge is 2.19. The zero-order valence-corrected chi connectivity index (χ0v) is 19.5. The summed E-state index contributed by atoms with van der Waals surface area (Å²) in [7, 11) is -1.49. The predicted octanol–water partition coefficient (Wildman–Crippen LogP) is 6.50. The molecule has 7 rings (SSSR count). The molecule has 0 aliphatic carbocycles. The molecule has 166 valence electrons. The van der Waals surface area contributed by atoms with Crippen LogP contribution in [0.1, 0.15) is 0 Å². The average Bonchev–Trinajstić information content (AvgIpc) is 3.44. The number of thiophene rings is 1. The number of nitrogens with zero attached hydrogens (tertiary/aromatic N) is 1. The summed E-state index contributed by atoms with van der Waals surface area (Å²) >= 11 is 1.62. The first-order valence-corrected chi connectivity index (χ1v) is 12.4. The number of aromatic nitrogens is 1. The maximum absolute atomic E-state index is 9.91. The number of rotatable bonds is 3. The van der Waals surface area contributed by atoms with Crippen LogP contribution < -0.4 is 5.46 Å². The first-order chi connectivity index (χ1) is 17.2. The number of para-hydroxylation sites is 2. The van der Waals surface area contributed by atoms with Gasteiger partial charge in [0.2, 0.25) is 0 Å². The van der Waals surface area contributed by atoms with E-state index in [1.165, 1.54) is 21.8 Å². The van der Waals surface area contributed by atoms with Crippen molar-refractivity contribution >= 4 is 65.9 Å². The van der Waals surface area contributed by atoms with Gasteiger partial charge in [-0.25, -0.2) is 0 Å². The molecule has 0 aliphatic heterocycles. The van der Waals surface area contributed by atoms with Gasteiger partial charge in [-0.15, -0.1) is 11.3 Å². The monoisotopic (exact) mass is 469 g/mol. The molecule has 3 nitrogen and oxygen atoms in total. The standard InChI is InChI=1S/C30H20BNO2S/c33-31(34)26-14-7-13-24-23-12-6-11-21(29(23)35-30(24)26)19-16-17-28-25(18-19)22-10-4-5-15-27(22)32(28)20-8-2-1-3-9-20/h1-18,33-34H. The van der Waals surface area contributed by atoms with Crippen molar-refractivity contribution in [3.05, 3.63) is 109 Å². The second-order valence-electron chi connectivity index (χ2n) is 8.80. The van der Waals surface area contributed by atoms with E-state index in [4.69, 9.17) is 0 Å². The molecule has 0 amide bonds. The summed E-state index contributed by atoms with van der Waals surface area (Å²) in [6.45, 7) is 0. The summed E-state index contributed by atoms with van der Waals surface area (Å²) in [5, 5.41) is 24.4. The highest BCUT2D eigenvalue weighted by molar-refractivity contribution is 7.27. The van der Waals surface area contributed by atoms with Crippen LogP contribution >= 0.6 is 11.3 Å². The molecule has 0 fully saturated rings. The van der Waals surface area contributed by atoms with Gasteiger partial charge >= 0.3 is 7.12 Å². The smallest absolute Gasteiger partial charge is 0.423 e. The Morgan fingerprint density at radius 2 is 1.26 bits per heavy atom. The van der Waals surface area contributed by atoms with E-state index >= 15 is 0 Å². The third-order valence-electron chi connectivity index (χ3n) is 6.83. The molecule has 0 bridgehead atoms. The van der Waals surface area contributed by atoms with Gasteiger partial charge in [-0.2, -0.15) is 0 Å². The van der Waals surface area contributed by atoms with Gasteiger partial charge in [-0.05, 0) is 52.3 Å². The Bertz CT molecular complexity index is 1890. The number of hydrogen-bond acceptors (Lipinski definition) is 3. The maximum atomic E-state index is 9.91. The van der Waals surface area contributed by atoms with E-state index in [-0.39, 0.29) is 0 Å². The molecule has 2 heterocycles. The Morgan fingerprint density at radius 3 is 2.09 bits per heavy atom. The first-order valence-electron chi connectivity index (χ1n) is 11.6. The molecule has 2 N–H and O–H groups in total. The average molecular weight is 469 g/mol. The minimum absolute atomic E-state index is 0.552. The van der Waals surface area contributed by atoms with E-state index in [1.807, 2.05) is 12.1 Å². The van der Waals surface area contributed by atoms with Crippen LogP contribution in [0.5, 0.6) is 0 Å². The quantitative estimate of drug-likeness (QED) is 0.290. The largest absolute Gasteiger partial charge is 0.489 e. The van der Waals surface area contributed by atoms with Crippen molar-refractivity contribution in [3.8, 4) is 16.8 Å². The molecule has 35 heavy (non-hydrogen) atoms. The molecule has 0 radical (unpaired) electrons. The SMILES string of the molecule is OB(O)c1cccc2c1sc1c(-c3ccc4c(c3)c3ccccc3n4-c3ccccc3)cccc12. The van der Waals surface area contributed by atoms with E-state index in [0.717, 1.165) is 37.0 Å². The highest BCUT2D eigenvalue weighted by Crippen LogP contribution is 2.41. The summed E-state index contributed by atoms with van der Waals surface area (Å²) < 4.78 is 4.40. The summed E-state index contributed by atoms with van der Waals surface area (Å²) in [5.41, 5.74) is 6.37. The van der Waals surface area contributed by atoms with Crippen LogP contribution in [0, 0.1) is 0 Å². The van der Waals surface area contributed by atoms with Crippen LogP contribution in [0.25, 0.3) is 58.8 Å². The van der Waals surface area contributed by atoms with Crippen molar-refractivity contribution in [2.75, 3.05) is 0 Å². The van der Waals surface area contributed by atoms with E-state index in [0.29, 0.717) is 5.46 Å². The number of benzene rings is 5. The van der Waals surface area contributed by atoms with Gasteiger partial charge in [0.15, 0.2) is 0 Å². The van der Waals surface area contributed by atoms with Gasteiger partial charge in [-0.1, -0.05) is 78.9 Å². The van der Waals surface area contributed by atoms with Crippen molar-refractivity contribution in [2.24, 2.45) is 0 Å². The summed E-state index contributed by atoms with van der Waals surface area (Å²) in [5.74, 6) is 0. The molecule has 0 saturated heterocycles. The van der Waals surface area contributed by atoms with Crippen LogP contribution in [-0.2, 0) is 0 Å². The van der Waals surface area contributed by atoms with Gasteiger partial charge in [0.25, 0.3) is 0 Å². The van der Waals surface area contributed by atoms with E-state index in [2.05, 4.69) is 95.6 Å². The fraction of sp³-hybridized carbons (Fsp3) is 0. The maximum Gasteiger partial charge on any atom is 0.489 e. The lowest BCUT2D eigenvalue weighted by Crippen LogP contribution is -2.29. The van der Waals surface area contributed by atoms with Gasteiger partial charge in [0, 0.05) is 31.2 Å². The molecule has 0 unspecified atom stereocenters.